The van der Waals surface area contributed by atoms with Gasteiger partial charge in [-0.15, -0.1) is 0 Å². The number of carboxylic acid groups (broad SMARTS) is 1. The van der Waals surface area contributed by atoms with Crippen LogP contribution in [-0.2, 0) is 22.5 Å². The number of esters is 1. The van der Waals surface area contributed by atoms with Crippen molar-refractivity contribution in [2.75, 3.05) is 42.5 Å². The molecule has 0 aromatic carbocycles. The lowest BCUT2D eigenvalue weighted by Gasteiger charge is -2.41. The molecule has 1 saturated heterocycles. The molecule has 11 nitrogen and oxygen atoms in total. The third kappa shape index (κ3) is 5.24. The Morgan fingerprint density at radius 3 is 2.44 bits per heavy atom. The average Bonchev–Trinajstić information content (AvgIpc) is 2.82. The van der Waals surface area contributed by atoms with Crippen LogP contribution in [0.1, 0.15) is 49.3 Å². The summed E-state index contributed by atoms with van der Waals surface area (Å²) in [7, 11) is 0. The van der Waals surface area contributed by atoms with Crippen LogP contribution in [0.5, 0.6) is 0 Å². The van der Waals surface area contributed by atoms with Crippen molar-refractivity contribution in [3.8, 4) is 0 Å². The number of carbonyl (C=O) groups excluding carboxylic acids is 1. The normalized spacial score (nSPS) is 19.0. The molecule has 1 fully saturated rings. The SMILES string of the molecule is CCN1CCc2nc(N3CCN(c4ncc(C(=O)O)cn4)[C@@H](C(=O)OC(C)(C)C)C3)ncc2C1. The van der Waals surface area contributed by atoms with Crippen LogP contribution >= 0.6 is 0 Å². The third-order valence-corrected chi connectivity index (χ3v) is 5.93. The number of fused-ring (bicyclic) bond motifs is 1. The second-order valence-electron chi connectivity index (χ2n) is 9.53. The van der Waals surface area contributed by atoms with Crippen LogP contribution < -0.4 is 9.80 Å². The summed E-state index contributed by atoms with van der Waals surface area (Å²) in [6.45, 7) is 11.7. The second-order valence-corrected chi connectivity index (χ2v) is 9.53. The number of anilines is 2. The van der Waals surface area contributed by atoms with E-state index in [0.29, 0.717) is 25.6 Å². The van der Waals surface area contributed by atoms with Gasteiger partial charge in [-0.05, 0) is 27.3 Å². The highest BCUT2D eigenvalue weighted by atomic mass is 16.6. The van der Waals surface area contributed by atoms with Crippen LogP contribution in [-0.4, -0.2) is 86.2 Å². The predicted molar refractivity (Wildman–Crippen MR) is 125 cm³/mol. The Labute approximate surface area is 198 Å². The molecule has 2 aromatic rings. The van der Waals surface area contributed by atoms with Gasteiger partial charge in [0.05, 0.1) is 17.8 Å². The highest BCUT2D eigenvalue weighted by Crippen LogP contribution is 2.24. The van der Waals surface area contributed by atoms with Crippen molar-refractivity contribution in [2.45, 2.75) is 52.3 Å². The van der Waals surface area contributed by atoms with Gasteiger partial charge >= 0.3 is 11.9 Å². The van der Waals surface area contributed by atoms with E-state index in [1.807, 2.05) is 31.9 Å². The van der Waals surface area contributed by atoms with E-state index in [4.69, 9.17) is 14.8 Å². The Hall–Kier alpha value is -3.34. The lowest BCUT2D eigenvalue weighted by atomic mass is 10.1. The van der Waals surface area contributed by atoms with Crippen molar-refractivity contribution >= 4 is 23.8 Å². The van der Waals surface area contributed by atoms with Crippen LogP contribution in [0.4, 0.5) is 11.9 Å². The summed E-state index contributed by atoms with van der Waals surface area (Å²) in [4.78, 5) is 48.3. The van der Waals surface area contributed by atoms with Crippen LogP contribution in [0.15, 0.2) is 18.6 Å². The number of hydrogen-bond donors (Lipinski definition) is 1. The monoisotopic (exact) mass is 469 g/mol. The molecule has 0 spiro atoms. The van der Waals surface area contributed by atoms with Crippen molar-refractivity contribution < 1.29 is 19.4 Å². The molecule has 0 aliphatic carbocycles. The lowest BCUT2D eigenvalue weighted by Crippen LogP contribution is -2.58. The van der Waals surface area contributed by atoms with Crippen molar-refractivity contribution in [1.29, 1.82) is 0 Å². The first kappa shape index (κ1) is 23.8. The van der Waals surface area contributed by atoms with E-state index >= 15 is 0 Å². The Morgan fingerprint density at radius 1 is 1.09 bits per heavy atom. The zero-order valence-electron chi connectivity index (χ0n) is 20.1. The summed E-state index contributed by atoms with van der Waals surface area (Å²) in [6, 6.07) is -0.695. The molecule has 4 heterocycles. The predicted octanol–water partition coefficient (Wildman–Crippen LogP) is 1.38. The average molecular weight is 470 g/mol. The van der Waals surface area contributed by atoms with Gasteiger partial charge in [0.15, 0.2) is 0 Å². The van der Waals surface area contributed by atoms with Gasteiger partial charge in [0.1, 0.15) is 11.6 Å². The molecule has 0 amide bonds. The number of aromatic nitrogens is 4. The number of carbonyl (C=O) groups is 2. The first-order valence-electron chi connectivity index (χ1n) is 11.5. The largest absolute Gasteiger partial charge is 0.478 e. The van der Waals surface area contributed by atoms with Gasteiger partial charge in [-0.1, -0.05) is 6.92 Å². The summed E-state index contributed by atoms with van der Waals surface area (Å²) in [5.41, 5.74) is 1.52. The maximum atomic E-state index is 13.2. The van der Waals surface area contributed by atoms with E-state index in [1.54, 1.807) is 4.90 Å². The molecule has 182 valence electrons. The molecule has 11 heteroatoms. The van der Waals surface area contributed by atoms with Gasteiger partial charge in [0.25, 0.3) is 0 Å². The topological polar surface area (TPSA) is 125 Å². The van der Waals surface area contributed by atoms with E-state index in [1.165, 1.54) is 12.4 Å². The van der Waals surface area contributed by atoms with Gasteiger partial charge < -0.3 is 19.6 Å². The highest BCUT2D eigenvalue weighted by Gasteiger charge is 2.38. The number of carboxylic acids is 1. The molecule has 1 N–H and O–H groups in total. The number of rotatable bonds is 5. The summed E-state index contributed by atoms with van der Waals surface area (Å²) in [5.74, 6) is -0.628. The number of nitrogens with zero attached hydrogens (tertiary/aromatic N) is 7. The molecule has 0 bridgehead atoms. The molecule has 2 aliphatic rings. The van der Waals surface area contributed by atoms with Crippen LogP contribution in [0.3, 0.4) is 0 Å². The number of likely N-dealkylation sites (N-methyl/N-ethyl adjacent to an activating group) is 1. The van der Waals surface area contributed by atoms with Gasteiger partial charge in [0.2, 0.25) is 11.9 Å². The first-order valence-corrected chi connectivity index (χ1v) is 11.5. The Bertz CT molecular complexity index is 1050. The van der Waals surface area contributed by atoms with Crippen molar-refractivity contribution in [3.05, 3.63) is 35.4 Å². The molecule has 0 unspecified atom stereocenters. The highest BCUT2D eigenvalue weighted by molar-refractivity contribution is 5.87. The molecular weight excluding hydrogens is 438 g/mol. The van der Waals surface area contributed by atoms with Gasteiger partial charge in [-0.25, -0.2) is 29.5 Å². The molecule has 34 heavy (non-hydrogen) atoms. The maximum Gasteiger partial charge on any atom is 0.338 e. The summed E-state index contributed by atoms with van der Waals surface area (Å²) in [5, 5.41) is 9.14. The van der Waals surface area contributed by atoms with Crippen molar-refractivity contribution in [1.82, 2.24) is 24.8 Å². The van der Waals surface area contributed by atoms with Gasteiger partial charge in [-0.3, -0.25) is 4.90 Å². The number of ether oxygens (including phenoxy) is 1. The Kier molecular flexibility index (Phi) is 6.65. The minimum atomic E-state index is -1.10. The summed E-state index contributed by atoms with van der Waals surface area (Å²) < 4.78 is 5.69. The van der Waals surface area contributed by atoms with Gasteiger partial charge in [-0.2, -0.15) is 0 Å². The third-order valence-electron chi connectivity index (χ3n) is 5.93. The lowest BCUT2D eigenvalue weighted by molar-refractivity contribution is -0.156. The van der Waals surface area contributed by atoms with Crippen molar-refractivity contribution in [3.63, 3.8) is 0 Å². The molecule has 4 rings (SSSR count). The van der Waals surface area contributed by atoms with E-state index < -0.39 is 23.6 Å². The molecule has 1 atom stereocenters. The fourth-order valence-corrected chi connectivity index (χ4v) is 4.14. The summed E-state index contributed by atoms with van der Waals surface area (Å²) in [6.07, 6.45) is 5.25. The van der Waals surface area contributed by atoms with Crippen LogP contribution in [0.25, 0.3) is 0 Å². The molecule has 2 aliphatic heterocycles. The first-order chi connectivity index (χ1) is 16.1. The minimum Gasteiger partial charge on any atom is -0.478 e. The quantitative estimate of drug-likeness (QED) is 0.638. The van der Waals surface area contributed by atoms with E-state index in [-0.39, 0.29) is 11.5 Å². The fraction of sp³-hybridized carbons (Fsp3) is 0.565. The molecule has 0 saturated carbocycles. The Balaban J connectivity index is 1.58. The Morgan fingerprint density at radius 2 is 1.79 bits per heavy atom. The van der Waals surface area contributed by atoms with E-state index in [2.05, 4.69) is 26.8 Å². The number of hydrogen-bond acceptors (Lipinski definition) is 10. The minimum absolute atomic E-state index is 0.0136. The smallest absolute Gasteiger partial charge is 0.338 e. The van der Waals surface area contributed by atoms with Crippen molar-refractivity contribution in [2.24, 2.45) is 0 Å². The molecular formula is C23H31N7O4. The zero-order valence-corrected chi connectivity index (χ0v) is 20.1. The van der Waals surface area contributed by atoms with Crippen LogP contribution in [0.2, 0.25) is 0 Å². The van der Waals surface area contributed by atoms with Gasteiger partial charge in [0, 0.05) is 56.8 Å². The van der Waals surface area contributed by atoms with E-state index in [0.717, 1.165) is 37.3 Å². The van der Waals surface area contributed by atoms with E-state index in [9.17, 15) is 9.59 Å². The maximum absolute atomic E-state index is 13.2. The molecule has 0 radical (unpaired) electrons. The summed E-state index contributed by atoms with van der Waals surface area (Å²) >= 11 is 0. The molecule has 2 aromatic heterocycles. The second kappa shape index (κ2) is 9.49. The number of aromatic carboxylic acids is 1. The standard InChI is InChI=1S/C23H31N7O4/c1-5-28-7-6-17-16(13-28)12-26-22(27-17)29-8-9-30(18(14-29)20(33)34-23(2,3)4)21-24-10-15(11-25-21)19(31)32/h10-12,18H,5-9,13-14H2,1-4H3,(H,31,32)/t18-/m1/s1. The number of piperazine rings is 1. The zero-order chi connectivity index (χ0) is 24.5. The fourth-order valence-electron chi connectivity index (χ4n) is 4.14. The van der Waals surface area contributed by atoms with Crippen LogP contribution in [0, 0.1) is 0 Å².